The molecule has 1 fully saturated rings. The van der Waals surface area contributed by atoms with Gasteiger partial charge in [0, 0.05) is 12.0 Å². The summed E-state index contributed by atoms with van der Waals surface area (Å²) < 4.78 is 0. The highest BCUT2D eigenvalue weighted by molar-refractivity contribution is 5.43. The Hall–Kier alpha value is -1.02. The first-order chi connectivity index (χ1) is 7.19. The zero-order chi connectivity index (χ0) is 10.9. The summed E-state index contributed by atoms with van der Waals surface area (Å²) in [6.07, 6.45) is 4.83. The van der Waals surface area contributed by atoms with Gasteiger partial charge in [-0.3, -0.25) is 0 Å². The van der Waals surface area contributed by atoms with Gasteiger partial charge in [-0.1, -0.05) is 25.0 Å². The molecule has 82 valence electrons. The lowest BCUT2D eigenvalue weighted by molar-refractivity contribution is 0.436. The van der Waals surface area contributed by atoms with Crippen molar-refractivity contribution in [1.29, 1.82) is 0 Å². The summed E-state index contributed by atoms with van der Waals surface area (Å²) in [6.45, 7) is 2.68. The van der Waals surface area contributed by atoms with E-state index in [0.29, 0.717) is 12.3 Å². The zero-order valence-electron chi connectivity index (χ0n) is 9.29. The minimum atomic E-state index is 0.128. The maximum absolute atomic E-state index is 9.73. The minimum Gasteiger partial charge on any atom is -0.508 e. The van der Waals surface area contributed by atoms with Crippen molar-refractivity contribution in [2.24, 2.45) is 5.73 Å². The molecule has 2 heteroatoms. The third kappa shape index (κ3) is 1.63. The monoisotopic (exact) mass is 205 g/mol. The molecule has 3 N–H and O–H groups in total. The zero-order valence-corrected chi connectivity index (χ0v) is 9.29. The van der Waals surface area contributed by atoms with Gasteiger partial charge in [0.2, 0.25) is 0 Å². The Morgan fingerprint density at radius 1 is 1.33 bits per heavy atom. The standard InChI is InChI=1S/C13H19NO/c1-10-11(5-4-6-12(10)15)13(9-14)7-2-3-8-13/h4-6,15H,2-3,7-9,14H2,1H3. The molecular formula is C13H19NO. The van der Waals surface area contributed by atoms with Gasteiger partial charge in [0.25, 0.3) is 0 Å². The largest absolute Gasteiger partial charge is 0.508 e. The van der Waals surface area contributed by atoms with Crippen LogP contribution in [0.2, 0.25) is 0 Å². The molecule has 1 aromatic rings. The molecule has 0 amide bonds. The summed E-state index contributed by atoms with van der Waals surface area (Å²) in [5.41, 5.74) is 8.32. The van der Waals surface area contributed by atoms with E-state index < -0.39 is 0 Å². The van der Waals surface area contributed by atoms with Crippen molar-refractivity contribution in [2.75, 3.05) is 6.54 Å². The number of phenolic OH excluding ortho intramolecular Hbond substituents is 1. The summed E-state index contributed by atoms with van der Waals surface area (Å²) in [7, 11) is 0. The number of hydrogen-bond donors (Lipinski definition) is 2. The van der Waals surface area contributed by atoms with Crippen LogP contribution in [0.25, 0.3) is 0 Å². The normalized spacial score (nSPS) is 19.3. The first kappa shape index (κ1) is 10.5. The van der Waals surface area contributed by atoms with Gasteiger partial charge in [-0.25, -0.2) is 0 Å². The van der Waals surface area contributed by atoms with Crippen molar-refractivity contribution in [3.05, 3.63) is 29.3 Å². The second kappa shape index (κ2) is 3.86. The van der Waals surface area contributed by atoms with Gasteiger partial charge < -0.3 is 10.8 Å². The van der Waals surface area contributed by atoms with Crippen LogP contribution in [0.15, 0.2) is 18.2 Å². The summed E-state index contributed by atoms with van der Waals surface area (Å²) in [4.78, 5) is 0. The predicted molar refractivity (Wildman–Crippen MR) is 62.0 cm³/mol. The first-order valence-corrected chi connectivity index (χ1v) is 5.69. The quantitative estimate of drug-likeness (QED) is 0.779. The van der Waals surface area contributed by atoms with Crippen LogP contribution >= 0.6 is 0 Å². The van der Waals surface area contributed by atoms with Crippen LogP contribution in [0.5, 0.6) is 5.75 Å². The third-order valence-electron chi connectivity index (χ3n) is 3.83. The van der Waals surface area contributed by atoms with Crippen LogP contribution in [-0.2, 0) is 5.41 Å². The second-order valence-electron chi connectivity index (χ2n) is 4.64. The Balaban J connectivity index is 2.47. The SMILES string of the molecule is Cc1c(O)cccc1C1(CN)CCCC1. The summed E-state index contributed by atoms with van der Waals surface area (Å²) >= 11 is 0. The Morgan fingerprint density at radius 2 is 2.00 bits per heavy atom. The molecule has 2 nitrogen and oxygen atoms in total. The Bertz CT molecular complexity index is 354. The van der Waals surface area contributed by atoms with Crippen LogP contribution in [-0.4, -0.2) is 11.7 Å². The van der Waals surface area contributed by atoms with Crippen molar-refractivity contribution in [3.8, 4) is 5.75 Å². The van der Waals surface area contributed by atoms with Crippen molar-refractivity contribution in [2.45, 2.75) is 38.0 Å². The fraction of sp³-hybridized carbons (Fsp3) is 0.538. The number of nitrogens with two attached hydrogens (primary N) is 1. The van der Waals surface area contributed by atoms with Crippen LogP contribution in [0.3, 0.4) is 0 Å². The molecule has 2 rings (SSSR count). The minimum absolute atomic E-state index is 0.128. The van der Waals surface area contributed by atoms with E-state index in [1.165, 1.54) is 18.4 Å². The molecule has 1 aliphatic carbocycles. The highest BCUT2D eigenvalue weighted by Gasteiger charge is 2.35. The lowest BCUT2D eigenvalue weighted by Gasteiger charge is -2.29. The van der Waals surface area contributed by atoms with Gasteiger partial charge in [-0.15, -0.1) is 0 Å². The van der Waals surface area contributed by atoms with E-state index in [4.69, 9.17) is 5.73 Å². The predicted octanol–water partition coefficient (Wildman–Crippen LogP) is 2.47. The molecule has 1 aliphatic rings. The molecule has 1 saturated carbocycles. The molecule has 0 saturated heterocycles. The molecule has 0 radical (unpaired) electrons. The molecule has 0 unspecified atom stereocenters. The maximum Gasteiger partial charge on any atom is 0.118 e. The van der Waals surface area contributed by atoms with Gasteiger partial charge in [-0.2, -0.15) is 0 Å². The maximum atomic E-state index is 9.73. The van der Waals surface area contributed by atoms with Crippen LogP contribution in [0, 0.1) is 6.92 Å². The molecule has 0 atom stereocenters. The molecule has 0 spiro atoms. The lowest BCUT2D eigenvalue weighted by Crippen LogP contribution is -2.32. The number of aromatic hydroxyl groups is 1. The Kier molecular flexibility index (Phi) is 2.70. The van der Waals surface area contributed by atoms with Crippen molar-refractivity contribution in [3.63, 3.8) is 0 Å². The highest BCUT2D eigenvalue weighted by Crippen LogP contribution is 2.42. The third-order valence-corrected chi connectivity index (χ3v) is 3.83. The Morgan fingerprint density at radius 3 is 2.60 bits per heavy atom. The van der Waals surface area contributed by atoms with E-state index >= 15 is 0 Å². The molecule has 0 bridgehead atoms. The van der Waals surface area contributed by atoms with E-state index in [1.54, 1.807) is 6.07 Å². The average molecular weight is 205 g/mol. The van der Waals surface area contributed by atoms with Crippen LogP contribution in [0.4, 0.5) is 0 Å². The topological polar surface area (TPSA) is 46.2 Å². The molecule has 0 aliphatic heterocycles. The van der Waals surface area contributed by atoms with E-state index in [0.717, 1.165) is 18.4 Å². The molecule has 0 aromatic heterocycles. The number of hydrogen-bond acceptors (Lipinski definition) is 2. The highest BCUT2D eigenvalue weighted by atomic mass is 16.3. The number of phenols is 1. The summed E-state index contributed by atoms with van der Waals surface area (Å²) in [5, 5.41) is 9.73. The molecule has 15 heavy (non-hydrogen) atoms. The lowest BCUT2D eigenvalue weighted by atomic mass is 9.77. The average Bonchev–Trinajstić information content (AvgIpc) is 2.72. The number of benzene rings is 1. The fourth-order valence-electron chi connectivity index (χ4n) is 2.83. The van der Waals surface area contributed by atoms with Crippen LogP contribution < -0.4 is 5.73 Å². The summed E-state index contributed by atoms with van der Waals surface area (Å²) in [6, 6.07) is 5.79. The van der Waals surface area contributed by atoms with Crippen LogP contribution in [0.1, 0.15) is 36.8 Å². The van der Waals surface area contributed by atoms with Crippen molar-refractivity contribution in [1.82, 2.24) is 0 Å². The van der Waals surface area contributed by atoms with Crippen molar-refractivity contribution < 1.29 is 5.11 Å². The van der Waals surface area contributed by atoms with Gasteiger partial charge in [0.1, 0.15) is 5.75 Å². The molecule has 0 heterocycles. The fourth-order valence-corrected chi connectivity index (χ4v) is 2.83. The van der Waals surface area contributed by atoms with E-state index in [2.05, 4.69) is 6.07 Å². The molecular weight excluding hydrogens is 186 g/mol. The van der Waals surface area contributed by atoms with Gasteiger partial charge in [0.15, 0.2) is 0 Å². The molecule has 1 aromatic carbocycles. The van der Waals surface area contributed by atoms with Gasteiger partial charge in [-0.05, 0) is 37.0 Å². The van der Waals surface area contributed by atoms with E-state index in [9.17, 15) is 5.11 Å². The first-order valence-electron chi connectivity index (χ1n) is 5.69. The second-order valence-corrected chi connectivity index (χ2v) is 4.64. The Labute approximate surface area is 91.1 Å². The number of rotatable bonds is 2. The smallest absolute Gasteiger partial charge is 0.118 e. The van der Waals surface area contributed by atoms with Gasteiger partial charge in [0.05, 0.1) is 0 Å². The van der Waals surface area contributed by atoms with Gasteiger partial charge >= 0.3 is 0 Å². The summed E-state index contributed by atoms with van der Waals surface area (Å²) in [5.74, 6) is 0.396. The van der Waals surface area contributed by atoms with E-state index in [-0.39, 0.29) is 5.41 Å². The van der Waals surface area contributed by atoms with Crippen molar-refractivity contribution >= 4 is 0 Å². The van der Waals surface area contributed by atoms with E-state index in [1.807, 2.05) is 13.0 Å².